The predicted octanol–water partition coefficient (Wildman–Crippen LogP) is 3.52. The van der Waals surface area contributed by atoms with E-state index in [2.05, 4.69) is 4.98 Å². The molecule has 0 atom stereocenters. The van der Waals surface area contributed by atoms with Gasteiger partial charge in [-0.25, -0.2) is 0 Å². The largest absolute Gasteiger partial charge is 0.465 e. The van der Waals surface area contributed by atoms with E-state index in [9.17, 15) is 4.79 Å². The maximum Gasteiger partial charge on any atom is 0.187 e. The van der Waals surface area contributed by atoms with Crippen LogP contribution in [-0.2, 0) is 0 Å². The summed E-state index contributed by atoms with van der Waals surface area (Å²) in [4.78, 5) is 15.7. The van der Waals surface area contributed by atoms with Crippen molar-refractivity contribution in [1.29, 1.82) is 0 Å². The first-order chi connectivity index (χ1) is 8.75. The lowest BCUT2D eigenvalue weighted by molar-refractivity contribution is 0.104. The Morgan fingerprint density at radius 3 is 2.83 bits per heavy atom. The fourth-order valence-electron chi connectivity index (χ4n) is 1.46. The van der Waals surface area contributed by atoms with Gasteiger partial charge in [0, 0.05) is 18.0 Å². The van der Waals surface area contributed by atoms with E-state index in [1.165, 1.54) is 6.08 Å². The molecule has 3 heteroatoms. The highest BCUT2D eigenvalue weighted by molar-refractivity contribution is 6.04. The second-order valence-corrected chi connectivity index (χ2v) is 3.84. The van der Waals surface area contributed by atoms with E-state index in [0.717, 1.165) is 11.3 Å². The molecule has 0 saturated heterocycles. The van der Waals surface area contributed by atoms with Gasteiger partial charge in [0.2, 0.25) is 0 Å². The summed E-state index contributed by atoms with van der Waals surface area (Å²) in [6.45, 7) is 1.91. The molecule has 2 rings (SSSR count). The van der Waals surface area contributed by atoms with E-state index in [1.54, 1.807) is 36.9 Å². The Balaban J connectivity index is 2.05. The molecule has 0 aliphatic rings. The quantitative estimate of drug-likeness (QED) is 0.466. The van der Waals surface area contributed by atoms with Crippen LogP contribution in [0.1, 0.15) is 23.0 Å². The number of nitrogens with zero attached hydrogens (tertiary/aromatic N) is 1. The van der Waals surface area contributed by atoms with Crippen molar-refractivity contribution in [3.05, 3.63) is 72.0 Å². The standard InChI is InChI=1S/C15H13NO2/c1-12(10-14-5-3-9-18-14)6-7-15(17)13-4-2-8-16-11-13/h2-11H,1H3/b7-6+,12-10+. The van der Waals surface area contributed by atoms with Crippen LogP contribution in [0.25, 0.3) is 6.08 Å². The number of ketones is 1. The lowest BCUT2D eigenvalue weighted by Gasteiger charge is -1.94. The molecule has 0 radical (unpaired) electrons. The number of furan rings is 1. The monoisotopic (exact) mass is 239 g/mol. The Bertz CT molecular complexity index is 566. The number of pyridine rings is 1. The predicted molar refractivity (Wildman–Crippen MR) is 70.1 cm³/mol. The van der Waals surface area contributed by atoms with Crippen LogP contribution in [-0.4, -0.2) is 10.8 Å². The van der Waals surface area contributed by atoms with Crippen LogP contribution in [0.2, 0.25) is 0 Å². The van der Waals surface area contributed by atoms with Crippen molar-refractivity contribution in [3.8, 4) is 0 Å². The summed E-state index contributed by atoms with van der Waals surface area (Å²) < 4.78 is 5.19. The molecule has 0 aliphatic carbocycles. The first-order valence-corrected chi connectivity index (χ1v) is 5.60. The number of hydrogen-bond acceptors (Lipinski definition) is 3. The van der Waals surface area contributed by atoms with Gasteiger partial charge in [-0.2, -0.15) is 0 Å². The molecule has 2 aromatic heterocycles. The average Bonchev–Trinajstić information content (AvgIpc) is 2.90. The number of hydrogen-bond donors (Lipinski definition) is 0. The summed E-state index contributed by atoms with van der Waals surface area (Å²) >= 11 is 0. The van der Waals surface area contributed by atoms with E-state index in [-0.39, 0.29) is 5.78 Å². The topological polar surface area (TPSA) is 43.1 Å². The maximum absolute atomic E-state index is 11.8. The molecule has 18 heavy (non-hydrogen) atoms. The summed E-state index contributed by atoms with van der Waals surface area (Å²) in [6, 6.07) is 7.17. The van der Waals surface area contributed by atoms with Crippen LogP contribution >= 0.6 is 0 Å². The Kier molecular flexibility index (Phi) is 3.86. The van der Waals surface area contributed by atoms with E-state index in [4.69, 9.17) is 4.42 Å². The fourth-order valence-corrected chi connectivity index (χ4v) is 1.46. The van der Waals surface area contributed by atoms with E-state index in [0.29, 0.717) is 5.56 Å². The summed E-state index contributed by atoms with van der Waals surface area (Å²) in [5, 5.41) is 0. The van der Waals surface area contributed by atoms with Gasteiger partial charge in [-0.1, -0.05) is 6.08 Å². The molecular weight excluding hydrogens is 226 g/mol. The fraction of sp³-hybridized carbons (Fsp3) is 0.0667. The van der Waals surface area contributed by atoms with Gasteiger partial charge in [-0.3, -0.25) is 9.78 Å². The summed E-state index contributed by atoms with van der Waals surface area (Å²) in [7, 11) is 0. The van der Waals surface area contributed by atoms with Crippen molar-refractivity contribution in [2.75, 3.05) is 0 Å². The zero-order valence-electron chi connectivity index (χ0n) is 10.0. The second kappa shape index (κ2) is 5.77. The second-order valence-electron chi connectivity index (χ2n) is 3.84. The van der Waals surface area contributed by atoms with E-state index < -0.39 is 0 Å². The normalized spacial score (nSPS) is 11.9. The lowest BCUT2D eigenvalue weighted by atomic mass is 10.1. The van der Waals surface area contributed by atoms with Crippen LogP contribution < -0.4 is 0 Å². The zero-order valence-corrected chi connectivity index (χ0v) is 10.0. The zero-order chi connectivity index (χ0) is 12.8. The smallest absolute Gasteiger partial charge is 0.187 e. The third-order valence-corrected chi connectivity index (χ3v) is 2.36. The highest BCUT2D eigenvalue weighted by Crippen LogP contribution is 2.08. The number of rotatable bonds is 4. The van der Waals surface area contributed by atoms with Crippen LogP contribution in [0.5, 0.6) is 0 Å². The van der Waals surface area contributed by atoms with Crippen LogP contribution in [0, 0.1) is 0 Å². The molecule has 0 unspecified atom stereocenters. The van der Waals surface area contributed by atoms with Crippen LogP contribution in [0.4, 0.5) is 0 Å². The van der Waals surface area contributed by atoms with Gasteiger partial charge in [0.25, 0.3) is 0 Å². The number of carbonyl (C=O) groups excluding carboxylic acids is 1. The SMILES string of the molecule is CC(/C=C/C(=O)c1cccnc1)=C\c1ccco1. The molecule has 0 saturated carbocycles. The molecule has 0 spiro atoms. The van der Waals surface area contributed by atoms with Gasteiger partial charge in [0.15, 0.2) is 5.78 Å². The van der Waals surface area contributed by atoms with Gasteiger partial charge in [-0.05, 0) is 48.9 Å². The minimum atomic E-state index is -0.0599. The van der Waals surface area contributed by atoms with Crippen LogP contribution in [0.3, 0.4) is 0 Å². The van der Waals surface area contributed by atoms with Gasteiger partial charge in [0.05, 0.1) is 6.26 Å². The molecule has 0 bridgehead atoms. The molecule has 0 aromatic carbocycles. The Hall–Kier alpha value is -2.42. The van der Waals surface area contributed by atoms with Crippen LogP contribution in [0.15, 0.2) is 65.1 Å². The van der Waals surface area contributed by atoms with Crippen molar-refractivity contribution in [2.24, 2.45) is 0 Å². The Morgan fingerprint density at radius 1 is 1.28 bits per heavy atom. The minimum absolute atomic E-state index is 0.0599. The molecule has 3 nitrogen and oxygen atoms in total. The van der Waals surface area contributed by atoms with Crippen molar-refractivity contribution in [1.82, 2.24) is 4.98 Å². The molecule has 0 N–H and O–H groups in total. The molecule has 90 valence electrons. The van der Waals surface area contributed by atoms with Gasteiger partial charge in [-0.15, -0.1) is 0 Å². The summed E-state index contributed by atoms with van der Waals surface area (Å²) in [5.41, 5.74) is 1.53. The van der Waals surface area contributed by atoms with Crippen molar-refractivity contribution >= 4 is 11.9 Å². The first kappa shape index (κ1) is 12.0. The Labute approximate surface area is 105 Å². The molecule has 0 aliphatic heterocycles. The van der Waals surface area contributed by atoms with E-state index >= 15 is 0 Å². The van der Waals surface area contributed by atoms with Crippen molar-refractivity contribution < 1.29 is 9.21 Å². The minimum Gasteiger partial charge on any atom is -0.465 e. The number of carbonyl (C=O) groups is 1. The van der Waals surface area contributed by atoms with Gasteiger partial charge >= 0.3 is 0 Å². The Morgan fingerprint density at radius 2 is 2.17 bits per heavy atom. The average molecular weight is 239 g/mol. The third-order valence-electron chi connectivity index (χ3n) is 2.36. The first-order valence-electron chi connectivity index (χ1n) is 5.60. The lowest BCUT2D eigenvalue weighted by Crippen LogP contribution is -1.94. The van der Waals surface area contributed by atoms with Gasteiger partial charge in [0.1, 0.15) is 5.76 Å². The summed E-state index contributed by atoms with van der Waals surface area (Å²) in [5.74, 6) is 0.710. The van der Waals surface area contributed by atoms with Gasteiger partial charge < -0.3 is 4.42 Å². The van der Waals surface area contributed by atoms with Crippen molar-refractivity contribution in [2.45, 2.75) is 6.92 Å². The van der Waals surface area contributed by atoms with Crippen molar-refractivity contribution in [3.63, 3.8) is 0 Å². The molecule has 0 fully saturated rings. The highest BCUT2D eigenvalue weighted by atomic mass is 16.3. The molecule has 0 amide bonds. The molecule has 2 heterocycles. The molecular formula is C15H13NO2. The number of allylic oxidation sites excluding steroid dienone is 3. The van der Waals surface area contributed by atoms with E-state index in [1.807, 2.05) is 25.1 Å². The maximum atomic E-state index is 11.8. The summed E-state index contributed by atoms with van der Waals surface area (Å²) in [6.07, 6.45) is 9.97. The third kappa shape index (κ3) is 3.28. The molecule has 2 aromatic rings. The number of aromatic nitrogens is 1. The highest BCUT2D eigenvalue weighted by Gasteiger charge is 1.99.